The molecule has 1 aliphatic carbocycles. The molecule has 0 saturated heterocycles. The lowest BCUT2D eigenvalue weighted by molar-refractivity contribution is 0.143. The van der Waals surface area contributed by atoms with Gasteiger partial charge in [-0.25, -0.2) is 0 Å². The Kier molecular flexibility index (Phi) is 4.42. The third-order valence-electron chi connectivity index (χ3n) is 3.63. The molecule has 106 valence electrons. The van der Waals surface area contributed by atoms with Gasteiger partial charge in [-0.2, -0.15) is 15.0 Å². The summed E-state index contributed by atoms with van der Waals surface area (Å²) in [6.45, 7) is 5.77. The van der Waals surface area contributed by atoms with Gasteiger partial charge in [-0.15, -0.1) is 0 Å². The smallest absolute Gasteiger partial charge is 0.231 e. The van der Waals surface area contributed by atoms with Gasteiger partial charge in [0.05, 0.1) is 12.1 Å². The highest BCUT2D eigenvalue weighted by atomic mass is 35.5. The summed E-state index contributed by atoms with van der Waals surface area (Å²) in [5.74, 6) is 1.01. The first kappa shape index (κ1) is 14.3. The molecule has 1 fully saturated rings. The maximum Gasteiger partial charge on any atom is 0.231 e. The second-order valence-electron chi connectivity index (χ2n) is 4.82. The van der Waals surface area contributed by atoms with Crippen LogP contribution in [-0.2, 0) is 0 Å². The number of nitrogens with zero attached hydrogens (tertiary/aromatic N) is 4. The summed E-state index contributed by atoms with van der Waals surface area (Å²) >= 11 is 5.95. The molecule has 0 unspecified atom stereocenters. The summed E-state index contributed by atoms with van der Waals surface area (Å²) < 4.78 is 0. The molecule has 7 heteroatoms. The Hall–Kier alpha value is -1.14. The standard InChI is InChI=1S/C12H20ClN5O/c1-3-18(4-2)11-15-9(13)14-10(16-11)17-12(8-19)6-5-7-12/h19H,3-8H2,1-2H3,(H,14,15,16,17). The largest absolute Gasteiger partial charge is 0.394 e. The van der Waals surface area contributed by atoms with Crippen LogP contribution in [0.2, 0.25) is 5.28 Å². The van der Waals surface area contributed by atoms with E-state index in [1.165, 1.54) is 0 Å². The van der Waals surface area contributed by atoms with E-state index >= 15 is 0 Å². The van der Waals surface area contributed by atoms with Crippen LogP contribution >= 0.6 is 11.6 Å². The summed E-state index contributed by atoms with van der Waals surface area (Å²) in [5, 5.41) is 12.8. The van der Waals surface area contributed by atoms with Crippen LogP contribution in [-0.4, -0.2) is 45.3 Å². The zero-order valence-corrected chi connectivity index (χ0v) is 12.1. The van der Waals surface area contributed by atoms with E-state index in [4.69, 9.17) is 11.6 Å². The van der Waals surface area contributed by atoms with Crippen LogP contribution in [0.5, 0.6) is 0 Å². The van der Waals surface area contributed by atoms with Crippen molar-refractivity contribution in [3.05, 3.63) is 5.28 Å². The summed E-state index contributed by atoms with van der Waals surface area (Å²) in [7, 11) is 0. The molecule has 1 saturated carbocycles. The maximum absolute atomic E-state index is 9.46. The summed E-state index contributed by atoms with van der Waals surface area (Å²) in [6, 6.07) is 0. The number of halogens is 1. The third-order valence-corrected chi connectivity index (χ3v) is 3.80. The minimum Gasteiger partial charge on any atom is -0.394 e. The number of hydrogen-bond acceptors (Lipinski definition) is 6. The van der Waals surface area contributed by atoms with Gasteiger partial charge in [0.2, 0.25) is 17.2 Å². The third kappa shape index (κ3) is 3.06. The minimum atomic E-state index is -0.286. The normalized spacial score (nSPS) is 16.8. The van der Waals surface area contributed by atoms with Crippen molar-refractivity contribution >= 4 is 23.5 Å². The Bertz CT molecular complexity index is 429. The molecule has 0 aromatic carbocycles. The first-order chi connectivity index (χ1) is 9.12. The molecule has 1 aliphatic rings. The van der Waals surface area contributed by atoms with Gasteiger partial charge < -0.3 is 15.3 Å². The van der Waals surface area contributed by atoms with E-state index in [9.17, 15) is 5.11 Å². The quantitative estimate of drug-likeness (QED) is 0.829. The number of aromatic nitrogens is 3. The topological polar surface area (TPSA) is 74.2 Å². The zero-order valence-electron chi connectivity index (χ0n) is 11.4. The predicted octanol–water partition coefficient (Wildman–Crippen LogP) is 1.70. The van der Waals surface area contributed by atoms with Crippen LogP contribution in [0.4, 0.5) is 11.9 Å². The average Bonchev–Trinajstić information content (AvgIpc) is 2.35. The molecule has 6 nitrogen and oxygen atoms in total. The summed E-state index contributed by atoms with van der Waals surface area (Å²) in [4.78, 5) is 14.6. The first-order valence-electron chi connectivity index (χ1n) is 6.68. The van der Waals surface area contributed by atoms with E-state index in [-0.39, 0.29) is 17.4 Å². The second kappa shape index (κ2) is 5.88. The van der Waals surface area contributed by atoms with E-state index < -0.39 is 0 Å². The Morgan fingerprint density at radius 1 is 1.26 bits per heavy atom. The highest BCUT2D eigenvalue weighted by molar-refractivity contribution is 6.28. The zero-order chi connectivity index (χ0) is 13.9. The fourth-order valence-electron chi connectivity index (χ4n) is 2.21. The second-order valence-corrected chi connectivity index (χ2v) is 5.16. The first-order valence-corrected chi connectivity index (χ1v) is 7.06. The molecule has 2 N–H and O–H groups in total. The number of nitrogens with one attached hydrogen (secondary N) is 1. The fourth-order valence-corrected chi connectivity index (χ4v) is 2.36. The van der Waals surface area contributed by atoms with Crippen molar-refractivity contribution in [2.45, 2.75) is 38.6 Å². The molecule has 19 heavy (non-hydrogen) atoms. The van der Waals surface area contributed by atoms with E-state index in [0.717, 1.165) is 32.4 Å². The van der Waals surface area contributed by atoms with Crippen LogP contribution < -0.4 is 10.2 Å². The lowest BCUT2D eigenvalue weighted by Gasteiger charge is -2.40. The van der Waals surface area contributed by atoms with E-state index in [1.807, 2.05) is 18.7 Å². The van der Waals surface area contributed by atoms with Gasteiger partial charge in [0.25, 0.3) is 0 Å². The van der Waals surface area contributed by atoms with Crippen LogP contribution in [0.25, 0.3) is 0 Å². The molecule has 0 spiro atoms. The molecule has 1 aromatic rings. The lowest BCUT2D eigenvalue weighted by Crippen LogP contribution is -2.48. The molecule has 1 heterocycles. The Labute approximate surface area is 118 Å². The predicted molar refractivity (Wildman–Crippen MR) is 75.7 cm³/mol. The van der Waals surface area contributed by atoms with Crippen molar-refractivity contribution in [2.75, 3.05) is 29.9 Å². The van der Waals surface area contributed by atoms with Gasteiger partial charge in [0.15, 0.2) is 0 Å². The number of anilines is 2. The van der Waals surface area contributed by atoms with E-state index in [2.05, 4.69) is 20.3 Å². The molecular formula is C12H20ClN5O. The van der Waals surface area contributed by atoms with Crippen LogP contribution in [0.15, 0.2) is 0 Å². The summed E-state index contributed by atoms with van der Waals surface area (Å²) in [6.07, 6.45) is 2.95. The van der Waals surface area contributed by atoms with Gasteiger partial charge >= 0.3 is 0 Å². The molecule has 0 amide bonds. The molecule has 1 aromatic heterocycles. The van der Waals surface area contributed by atoms with Crippen molar-refractivity contribution in [3.8, 4) is 0 Å². The fraction of sp³-hybridized carbons (Fsp3) is 0.750. The van der Waals surface area contributed by atoms with Gasteiger partial charge in [-0.1, -0.05) is 0 Å². The average molecular weight is 286 g/mol. The van der Waals surface area contributed by atoms with Gasteiger partial charge in [0.1, 0.15) is 0 Å². The van der Waals surface area contributed by atoms with E-state index in [0.29, 0.717) is 11.9 Å². The highest BCUT2D eigenvalue weighted by Crippen LogP contribution is 2.34. The minimum absolute atomic E-state index is 0.0803. The van der Waals surface area contributed by atoms with Crippen LogP contribution in [0.3, 0.4) is 0 Å². The molecular weight excluding hydrogens is 266 g/mol. The van der Waals surface area contributed by atoms with Crippen molar-refractivity contribution in [1.29, 1.82) is 0 Å². The number of aliphatic hydroxyl groups is 1. The highest BCUT2D eigenvalue weighted by Gasteiger charge is 2.37. The number of aliphatic hydroxyl groups excluding tert-OH is 1. The lowest BCUT2D eigenvalue weighted by atomic mass is 9.77. The van der Waals surface area contributed by atoms with Crippen molar-refractivity contribution in [3.63, 3.8) is 0 Å². The monoisotopic (exact) mass is 285 g/mol. The molecule has 0 atom stereocenters. The van der Waals surface area contributed by atoms with Gasteiger partial charge in [-0.3, -0.25) is 0 Å². The Balaban J connectivity index is 2.21. The van der Waals surface area contributed by atoms with Gasteiger partial charge in [-0.05, 0) is 44.7 Å². The Morgan fingerprint density at radius 3 is 2.42 bits per heavy atom. The van der Waals surface area contributed by atoms with Crippen LogP contribution in [0.1, 0.15) is 33.1 Å². The molecule has 2 rings (SSSR count). The van der Waals surface area contributed by atoms with Crippen molar-refractivity contribution < 1.29 is 5.11 Å². The summed E-state index contributed by atoms with van der Waals surface area (Å²) in [5.41, 5.74) is -0.286. The molecule has 0 radical (unpaired) electrons. The Morgan fingerprint density at radius 2 is 1.95 bits per heavy atom. The van der Waals surface area contributed by atoms with Gasteiger partial charge in [0, 0.05) is 13.1 Å². The molecule has 0 aliphatic heterocycles. The number of hydrogen-bond donors (Lipinski definition) is 2. The van der Waals surface area contributed by atoms with Crippen molar-refractivity contribution in [2.24, 2.45) is 0 Å². The van der Waals surface area contributed by atoms with Crippen LogP contribution in [0, 0.1) is 0 Å². The SMILES string of the molecule is CCN(CC)c1nc(Cl)nc(NC2(CO)CCC2)n1. The van der Waals surface area contributed by atoms with Crippen molar-refractivity contribution in [1.82, 2.24) is 15.0 Å². The molecule has 0 bridgehead atoms. The maximum atomic E-state index is 9.46. The number of rotatable bonds is 6. The van der Waals surface area contributed by atoms with E-state index in [1.54, 1.807) is 0 Å².